The van der Waals surface area contributed by atoms with Crippen molar-refractivity contribution in [1.82, 2.24) is 5.43 Å². The molecule has 0 fully saturated rings. The summed E-state index contributed by atoms with van der Waals surface area (Å²) in [5, 5.41) is 12.6. The number of fused-ring (bicyclic) bond motifs is 1. The first-order chi connectivity index (χ1) is 6.77. The maximum atomic E-state index is 10.4. The van der Waals surface area contributed by atoms with Crippen LogP contribution < -0.4 is 5.43 Å². The number of hydrogen-bond donors (Lipinski definition) is 2. The third-order valence-corrected chi connectivity index (χ3v) is 2.52. The van der Waals surface area contributed by atoms with Crippen LogP contribution >= 0.6 is 0 Å². The average molecular weight is 192 g/mol. The number of nitrogens with zero attached hydrogens (tertiary/aromatic N) is 1. The van der Waals surface area contributed by atoms with E-state index < -0.39 is 5.97 Å². The van der Waals surface area contributed by atoms with Gasteiger partial charge >= 0.3 is 5.97 Å². The largest absolute Gasteiger partial charge is 0.481 e. The van der Waals surface area contributed by atoms with Crippen LogP contribution in [-0.4, -0.2) is 23.3 Å². The summed E-state index contributed by atoms with van der Waals surface area (Å²) < 4.78 is 0. The normalized spacial score (nSPS) is 28.1. The van der Waals surface area contributed by atoms with Crippen molar-refractivity contribution in [3.8, 4) is 0 Å². The number of allylic oxidation sites excluding steroid dienone is 2. The van der Waals surface area contributed by atoms with Gasteiger partial charge in [-0.3, -0.25) is 4.79 Å². The van der Waals surface area contributed by atoms with E-state index in [1.165, 1.54) is 0 Å². The molecule has 4 heteroatoms. The zero-order valence-electron chi connectivity index (χ0n) is 7.68. The Balaban J connectivity index is 2.01. The lowest BCUT2D eigenvalue weighted by molar-refractivity contribution is -0.136. The van der Waals surface area contributed by atoms with Crippen molar-refractivity contribution in [3.05, 3.63) is 23.8 Å². The van der Waals surface area contributed by atoms with Gasteiger partial charge in [0.1, 0.15) is 0 Å². The molecule has 2 N–H and O–H groups in total. The standard InChI is InChI=1S/C10H12N2O2/c13-9(14)5-4-7-2-1-3-8-6-11-12-10(7)8/h1-3,6,8,10,12H,4-5H2,(H,13,14). The molecule has 2 rings (SSSR count). The average Bonchev–Trinajstić information content (AvgIpc) is 2.62. The molecule has 0 saturated carbocycles. The fourth-order valence-electron chi connectivity index (χ4n) is 1.77. The Morgan fingerprint density at radius 1 is 1.64 bits per heavy atom. The number of aliphatic carboxylic acids is 1. The highest BCUT2D eigenvalue weighted by molar-refractivity contribution is 5.70. The lowest BCUT2D eigenvalue weighted by Gasteiger charge is -2.21. The van der Waals surface area contributed by atoms with Gasteiger partial charge in [0, 0.05) is 18.6 Å². The van der Waals surface area contributed by atoms with Crippen LogP contribution in [0, 0.1) is 5.92 Å². The van der Waals surface area contributed by atoms with Crippen LogP contribution in [-0.2, 0) is 4.79 Å². The van der Waals surface area contributed by atoms with Gasteiger partial charge in [-0.25, -0.2) is 0 Å². The van der Waals surface area contributed by atoms with E-state index in [0.717, 1.165) is 5.57 Å². The SMILES string of the molecule is O=C(O)CCC1=CC=CC2C=NNC12. The first-order valence-corrected chi connectivity index (χ1v) is 4.65. The summed E-state index contributed by atoms with van der Waals surface area (Å²) in [6.45, 7) is 0. The number of carboxylic acid groups (broad SMARTS) is 1. The van der Waals surface area contributed by atoms with Crippen LogP contribution in [0.4, 0.5) is 0 Å². The highest BCUT2D eigenvalue weighted by Gasteiger charge is 2.27. The monoisotopic (exact) mass is 192 g/mol. The molecule has 0 radical (unpaired) electrons. The molecular formula is C10H12N2O2. The Morgan fingerprint density at radius 3 is 3.29 bits per heavy atom. The third-order valence-electron chi connectivity index (χ3n) is 2.52. The minimum Gasteiger partial charge on any atom is -0.481 e. The zero-order valence-corrected chi connectivity index (χ0v) is 7.68. The second-order valence-corrected chi connectivity index (χ2v) is 3.48. The van der Waals surface area contributed by atoms with Gasteiger partial charge in [-0.2, -0.15) is 5.10 Å². The molecule has 0 saturated heterocycles. The molecule has 2 atom stereocenters. The van der Waals surface area contributed by atoms with Gasteiger partial charge in [-0.05, 0) is 12.0 Å². The summed E-state index contributed by atoms with van der Waals surface area (Å²) in [4.78, 5) is 10.4. The van der Waals surface area contributed by atoms with E-state index in [9.17, 15) is 4.79 Å². The van der Waals surface area contributed by atoms with E-state index in [2.05, 4.69) is 16.6 Å². The number of nitrogens with one attached hydrogen (secondary N) is 1. The fourth-order valence-corrected chi connectivity index (χ4v) is 1.77. The lowest BCUT2D eigenvalue weighted by atomic mass is 9.88. The Hall–Kier alpha value is -1.58. The summed E-state index contributed by atoms with van der Waals surface area (Å²) in [5.41, 5.74) is 4.11. The smallest absolute Gasteiger partial charge is 0.303 e. The molecule has 14 heavy (non-hydrogen) atoms. The molecule has 1 aliphatic carbocycles. The van der Waals surface area contributed by atoms with Crippen LogP contribution in [0.1, 0.15) is 12.8 Å². The fraction of sp³-hybridized carbons (Fsp3) is 0.400. The van der Waals surface area contributed by atoms with E-state index in [4.69, 9.17) is 5.11 Å². The number of hydrogen-bond acceptors (Lipinski definition) is 3. The van der Waals surface area contributed by atoms with E-state index in [0.29, 0.717) is 12.3 Å². The van der Waals surface area contributed by atoms with Crippen molar-refractivity contribution in [2.24, 2.45) is 11.0 Å². The molecule has 1 heterocycles. The summed E-state index contributed by atoms with van der Waals surface area (Å²) in [5.74, 6) is -0.459. The van der Waals surface area contributed by atoms with Crippen molar-refractivity contribution < 1.29 is 9.90 Å². The maximum absolute atomic E-state index is 10.4. The summed E-state index contributed by atoms with van der Waals surface area (Å²) in [6, 6.07) is 0.180. The number of rotatable bonds is 3. The summed E-state index contributed by atoms with van der Waals surface area (Å²) in [7, 11) is 0. The number of hydrazone groups is 1. The molecule has 0 aromatic rings. The minimum atomic E-state index is -0.754. The quantitative estimate of drug-likeness (QED) is 0.699. The van der Waals surface area contributed by atoms with E-state index in [1.54, 1.807) is 0 Å². The lowest BCUT2D eigenvalue weighted by Crippen LogP contribution is -2.30. The van der Waals surface area contributed by atoms with Crippen molar-refractivity contribution in [3.63, 3.8) is 0 Å². The highest BCUT2D eigenvalue weighted by Crippen LogP contribution is 2.24. The molecule has 0 aromatic heterocycles. The van der Waals surface area contributed by atoms with Crippen LogP contribution in [0.3, 0.4) is 0 Å². The van der Waals surface area contributed by atoms with Gasteiger partial charge in [0.25, 0.3) is 0 Å². The van der Waals surface area contributed by atoms with E-state index >= 15 is 0 Å². The summed E-state index contributed by atoms with van der Waals surface area (Å²) in [6.07, 6.45) is 8.65. The predicted molar refractivity (Wildman–Crippen MR) is 53.0 cm³/mol. The molecular weight excluding hydrogens is 180 g/mol. The molecule has 4 nitrogen and oxygen atoms in total. The molecule has 0 aromatic carbocycles. The predicted octanol–water partition coefficient (Wildman–Crippen LogP) is 0.921. The number of carbonyl (C=O) groups is 1. The van der Waals surface area contributed by atoms with Gasteiger partial charge in [0.05, 0.1) is 6.04 Å². The minimum absolute atomic E-state index is 0.180. The van der Waals surface area contributed by atoms with Crippen molar-refractivity contribution in [1.29, 1.82) is 0 Å². The Morgan fingerprint density at radius 2 is 2.50 bits per heavy atom. The Bertz CT molecular complexity index is 331. The van der Waals surface area contributed by atoms with Crippen molar-refractivity contribution in [2.75, 3.05) is 0 Å². The van der Waals surface area contributed by atoms with Crippen LogP contribution in [0.2, 0.25) is 0 Å². The van der Waals surface area contributed by atoms with Crippen LogP contribution in [0.5, 0.6) is 0 Å². The Labute approximate surface area is 82.0 Å². The van der Waals surface area contributed by atoms with Gasteiger partial charge in [-0.15, -0.1) is 0 Å². The third kappa shape index (κ3) is 1.69. The van der Waals surface area contributed by atoms with E-state index in [1.807, 2.05) is 18.4 Å². The van der Waals surface area contributed by atoms with E-state index in [-0.39, 0.29) is 12.5 Å². The first-order valence-electron chi connectivity index (χ1n) is 4.65. The molecule has 74 valence electrons. The second kappa shape index (κ2) is 3.65. The summed E-state index contributed by atoms with van der Waals surface area (Å²) >= 11 is 0. The van der Waals surface area contributed by atoms with Crippen LogP contribution in [0.25, 0.3) is 0 Å². The number of carboxylic acids is 1. The Kier molecular flexibility index (Phi) is 2.35. The molecule has 2 aliphatic rings. The molecule has 0 spiro atoms. The van der Waals surface area contributed by atoms with Crippen LogP contribution in [0.15, 0.2) is 28.9 Å². The second-order valence-electron chi connectivity index (χ2n) is 3.48. The molecule has 2 unspecified atom stereocenters. The zero-order chi connectivity index (χ0) is 9.97. The molecule has 0 bridgehead atoms. The van der Waals surface area contributed by atoms with Crippen molar-refractivity contribution in [2.45, 2.75) is 18.9 Å². The van der Waals surface area contributed by atoms with Gasteiger partial charge in [0.15, 0.2) is 0 Å². The maximum Gasteiger partial charge on any atom is 0.303 e. The topological polar surface area (TPSA) is 61.7 Å². The van der Waals surface area contributed by atoms with Gasteiger partial charge < -0.3 is 10.5 Å². The molecule has 0 amide bonds. The van der Waals surface area contributed by atoms with Gasteiger partial charge in [0.2, 0.25) is 0 Å². The van der Waals surface area contributed by atoms with Gasteiger partial charge in [-0.1, -0.05) is 18.2 Å². The first kappa shape index (κ1) is 8.99. The molecule has 1 aliphatic heterocycles. The van der Waals surface area contributed by atoms with Crippen molar-refractivity contribution >= 4 is 12.2 Å². The highest BCUT2D eigenvalue weighted by atomic mass is 16.4.